The van der Waals surface area contributed by atoms with Crippen LogP contribution in [0.5, 0.6) is 17.4 Å². The van der Waals surface area contributed by atoms with Crippen LogP contribution in [0.2, 0.25) is 0 Å². The van der Waals surface area contributed by atoms with Crippen molar-refractivity contribution in [2.45, 2.75) is 0 Å². The largest absolute Gasteiger partial charge is 0.503 e. The molecule has 1 heterocycles. The summed E-state index contributed by atoms with van der Waals surface area (Å²) in [5.74, 6) is -2.24. The first kappa shape index (κ1) is 20.7. The second kappa shape index (κ2) is 8.31. The minimum absolute atomic E-state index is 0.00266. The van der Waals surface area contributed by atoms with Crippen LogP contribution in [0.1, 0.15) is 26.3 Å². The molecule has 0 aliphatic rings. The van der Waals surface area contributed by atoms with E-state index < -0.39 is 23.4 Å². The highest BCUT2D eigenvalue weighted by atomic mass is 16.5. The van der Waals surface area contributed by atoms with E-state index >= 15 is 0 Å². The Kier molecular flexibility index (Phi) is 5.39. The zero-order valence-corrected chi connectivity index (χ0v) is 17.0. The molecule has 4 rings (SSSR count). The van der Waals surface area contributed by atoms with E-state index in [9.17, 15) is 24.9 Å². The van der Waals surface area contributed by atoms with Crippen LogP contribution < -0.4 is 4.74 Å². The van der Waals surface area contributed by atoms with Crippen molar-refractivity contribution < 1.29 is 29.6 Å². The SMILES string of the molecule is COc1ccc(C(=O)c2c(O)c(O)n(-c3cccc(C(=O)O)c3)c2-c2ccccc2)cc1. The van der Waals surface area contributed by atoms with Crippen molar-refractivity contribution in [2.75, 3.05) is 7.11 Å². The first-order valence-electron chi connectivity index (χ1n) is 9.67. The Morgan fingerprint density at radius 3 is 2.16 bits per heavy atom. The number of carboxylic acid groups (broad SMARTS) is 1. The number of ketones is 1. The number of methoxy groups -OCH3 is 1. The van der Waals surface area contributed by atoms with Gasteiger partial charge in [-0.3, -0.25) is 9.36 Å². The molecule has 0 aliphatic carbocycles. The highest BCUT2D eigenvalue weighted by Crippen LogP contribution is 2.44. The number of ether oxygens (including phenoxy) is 1. The van der Waals surface area contributed by atoms with Gasteiger partial charge in [-0.1, -0.05) is 36.4 Å². The number of carbonyl (C=O) groups is 2. The summed E-state index contributed by atoms with van der Waals surface area (Å²) >= 11 is 0. The molecule has 7 nitrogen and oxygen atoms in total. The lowest BCUT2D eigenvalue weighted by Crippen LogP contribution is -2.05. The molecule has 160 valence electrons. The Morgan fingerprint density at radius 2 is 1.53 bits per heavy atom. The Morgan fingerprint density at radius 1 is 0.844 bits per heavy atom. The molecule has 1 aromatic heterocycles. The third kappa shape index (κ3) is 3.56. The number of carbonyl (C=O) groups excluding carboxylic acids is 1. The van der Waals surface area contributed by atoms with Crippen LogP contribution in [0.15, 0.2) is 78.9 Å². The van der Waals surface area contributed by atoms with Crippen LogP contribution in [0.4, 0.5) is 0 Å². The molecule has 0 saturated heterocycles. The molecule has 3 N–H and O–H groups in total. The van der Waals surface area contributed by atoms with Crippen molar-refractivity contribution in [3.05, 3.63) is 95.6 Å². The second-order valence-corrected chi connectivity index (χ2v) is 7.01. The molecule has 0 saturated carbocycles. The standard InChI is InChI=1S/C25H19NO6/c1-32-19-12-10-16(11-13-19)22(27)20-21(15-6-3-2-4-7-15)26(24(29)23(20)28)18-9-5-8-17(14-18)25(30)31/h2-14,28-29H,1H3,(H,30,31). The Labute approximate surface area is 183 Å². The fourth-order valence-electron chi connectivity index (χ4n) is 3.55. The van der Waals surface area contributed by atoms with Gasteiger partial charge < -0.3 is 20.1 Å². The fraction of sp³-hybridized carbons (Fsp3) is 0.0400. The van der Waals surface area contributed by atoms with Gasteiger partial charge >= 0.3 is 5.97 Å². The number of aromatic carboxylic acids is 1. The van der Waals surface area contributed by atoms with Crippen molar-refractivity contribution in [2.24, 2.45) is 0 Å². The van der Waals surface area contributed by atoms with Gasteiger partial charge in [0, 0.05) is 5.56 Å². The van der Waals surface area contributed by atoms with E-state index in [1.165, 1.54) is 29.9 Å². The molecule has 4 aromatic rings. The molecular formula is C25H19NO6. The summed E-state index contributed by atoms with van der Waals surface area (Å²) in [6.07, 6.45) is 0. The van der Waals surface area contributed by atoms with Crippen LogP contribution in [0.25, 0.3) is 16.9 Å². The molecule has 0 spiro atoms. The van der Waals surface area contributed by atoms with Crippen molar-refractivity contribution in [3.8, 4) is 34.3 Å². The summed E-state index contributed by atoms with van der Waals surface area (Å²) < 4.78 is 6.40. The van der Waals surface area contributed by atoms with Crippen molar-refractivity contribution in [1.82, 2.24) is 4.57 Å². The van der Waals surface area contributed by atoms with Gasteiger partial charge in [-0.15, -0.1) is 0 Å². The van der Waals surface area contributed by atoms with Gasteiger partial charge in [0.15, 0.2) is 11.5 Å². The smallest absolute Gasteiger partial charge is 0.335 e. The summed E-state index contributed by atoms with van der Waals surface area (Å²) in [5.41, 5.74) is 1.27. The Hall–Kier alpha value is -4.52. The van der Waals surface area contributed by atoms with Gasteiger partial charge in [0.25, 0.3) is 0 Å². The zero-order chi connectivity index (χ0) is 22.8. The maximum Gasteiger partial charge on any atom is 0.335 e. The van der Waals surface area contributed by atoms with E-state index in [0.717, 1.165) is 0 Å². The van der Waals surface area contributed by atoms with Crippen LogP contribution in [0, 0.1) is 0 Å². The molecular weight excluding hydrogens is 410 g/mol. The molecule has 0 bridgehead atoms. The normalized spacial score (nSPS) is 10.7. The molecule has 0 unspecified atom stereocenters. The lowest BCUT2D eigenvalue weighted by molar-refractivity contribution is 0.0696. The number of hydrogen-bond donors (Lipinski definition) is 3. The number of benzene rings is 3. The van der Waals surface area contributed by atoms with Gasteiger partial charge in [-0.05, 0) is 48.0 Å². The highest BCUT2D eigenvalue weighted by molar-refractivity contribution is 6.15. The third-order valence-corrected chi connectivity index (χ3v) is 5.10. The maximum atomic E-state index is 13.4. The van der Waals surface area contributed by atoms with Gasteiger partial charge in [-0.25, -0.2) is 4.79 Å². The molecule has 0 radical (unpaired) electrons. The van der Waals surface area contributed by atoms with E-state index in [-0.39, 0.29) is 28.1 Å². The topological polar surface area (TPSA) is 109 Å². The van der Waals surface area contributed by atoms with E-state index in [2.05, 4.69) is 0 Å². The lowest BCUT2D eigenvalue weighted by Gasteiger charge is -2.13. The number of nitrogens with zero attached hydrogens (tertiary/aromatic N) is 1. The number of rotatable bonds is 6. The summed E-state index contributed by atoms with van der Waals surface area (Å²) in [7, 11) is 1.51. The predicted molar refractivity (Wildman–Crippen MR) is 118 cm³/mol. The molecule has 32 heavy (non-hydrogen) atoms. The Bertz CT molecular complexity index is 1310. The van der Waals surface area contributed by atoms with Gasteiger partial charge in [0.05, 0.1) is 29.6 Å². The summed E-state index contributed by atoms with van der Waals surface area (Å²) in [6, 6.07) is 21.0. The zero-order valence-electron chi connectivity index (χ0n) is 17.0. The quantitative estimate of drug-likeness (QED) is 0.390. The molecule has 3 aromatic carbocycles. The van der Waals surface area contributed by atoms with Crippen LogP contribution in [-0.2, 0) is 0 Å². The average molecular weight is 429 g/mol. The molecule has 0 aliphatic heterocycles. The summed E-state index contributed by atoms with van der Waals surface area (Å²) in [4.78, 5) is 24.9. The van der Waals surface area contributed by atoms with Crippen LogP contribution in [-0.4, -0.2) is 38.7 Å². The van der Waals surface area contributed by atoms with Crippen LogP contribution >= 0.6 is 0 Å². The summed E-state index contributed by atoms with van der Waals surface area (Å²) in [6.45, 7) is 0. The number of hydrogen-bond acceptors (Lipinski definition) is 5. The van der Waals surface area contributed by atoms with E-state index in [4.69, 9.17) is 4.74 Å². The molecule has 7 heteroatoms. The van der Waals surface area contributed by atoms with Crippen molar-refractivity contribution in [1.29, 1.82) is 0 Å². The van der Waals surface area contributed by atoms with E-state index in [1.807, 2.05) is 0 Å². The molecule has 0 atom stereocenters. The van der Waals surface area contributed by atoms with Gasteiger partial charge in [0.2, 0.25) is 5.88 Å². The fourth-order valence-corrected chi connectivity index (χ4v) is 3.55. The maximum absolute atomic E-state index is 13.4. The van der Waals surface area contributed by atoms with Gasteiger partial charge in [-0.2, -0.15) is 0 Å². The van der Waals surface area contributed by atoms with Crippen molar-refractivity contribution in [3.63, 3.8) is 0 Å². The minimum Gasteiger partial charge on any atom is -0.503 e. The average Bonchev–Trinajstić information content (AvgIpc) is 3.09. The van der Waals surface area contributed by atoms with E-state index in [0.29, 0.717) is 11.3 Å². The summed E-state index contributed by atoms with van der Waals surface area (Å²) in [5, 5.41) is 31.0. The van der Waals surface area contributed by atoms with Gasteiger partial charge in [0.1, 0.15) is 5.75 Å². The first-order valence-corrected chi connectivity index (χ1v) is 9.67. The number of aromatic nitrogens is 1. The Balaban J connectivity index is 1.99. The molecule has 0 fully saturated rings. The number of carboxylic acids is 1. The third-order valence-electron chi connectivity index (χ3n) is 5.10. The predicted octanol–water partition coefficient (Wildman–Crippen LogP) is 4.49. The van der Waals surface area contributed by atoms with E-state index in [1.54, 1.807) is 60.7 Å². The first-order chi connectivity index (χ1) is 15.4. The van der Waals surface area contributed by atoms with Crippen LogP contribution in [0.3, 0.4) is 0 Å². The number of aromatic hydroxyl groups is 2. The highest BCUT2D eigenvalue weighted by Gasteiger charge is 2.30. The molecule has 0 amide bonds. The van der Waals surface area contributed by atoms with Crippen molar-refractivity contribution >= 4 is 11.8 Å². The second-order valence-electron chi connectivity index (χ2n) is 7.01. The lowest BCUT2D eigenvalue weighted by atomic mass is 9.99. The monoisotopic (exact) mass is 429 g/mol. The minimum atomic E-state index is -1.14.